The minimum Gasteiger partial charge on any atom is -0.497 e. The van der Waals surface area contributed by atoms with E-state index in [1.807, 2.05) is 32.1 Å². The molecule has 0 radical (unpaired) electrons. The number of aromatic nitrogens is 2. The summed E-state index contributed by atoms with van der Waals surface area (Å²) in [6, 6.07) is 17.2. The standard InChI is InChI=1S/C30H35ClN6O4S/c1-20-10-11-21(16-22(38)19-37(4)15-14-36(2)3)17-28(20)42(39,40)35-30-29(32-25-8-6-7-9-26(25)33-30)34-27-18-23(41-5)12-13-24(27)31/h6-13,17-18H,14-16,19H2,1-5H3,(H,32,34)(H,33,35). The van der Waals surface area contributed by atoms with Crippen LogP contribution in [0.3, 0.4) is 0 Å². The lowest BCUT2D eigenvalue weighted by molar-refractivity contribution is -0.119. The highest BCUT2D eigenvalue weighted by Gasteiger charge is 2.22. The second-order valence-electron chi connectivity index (χ2n) is 10.3. The Morgan fingerprint density at radius 2 is 1.64 bits per heavy atom. The van der Waals surface area contributed by atoms with Crippen molar-refractivity contribution in [1.82, 2.24) is 19.8 Å². The number of benzene rings is 3. The van der Waals surface area contributed by atoms with Gasteiger partial charge in [0.15, 0.2) is 17.4 Å². The van der Waals surface area contributed by atoms with E-state index in [0.29, 0.717) is 38.6 Å². The van der Waals surface area contributed by atoms with Gasteiger partial charge in [-0.15, -0.1) is 0 Å². The number of carbonyl (C=O) groups is 1. The van der Waals surface area contributed by atoms with Gasteiger partial charge < -0.3 is 15.0 Å². The zero-order valence-electron chi connectivity index (χ0n) is 24.3. The first-order valence-electron chi connectivity index (χ1n) is 13.3. The smallest absolute Gasteiger partial charge is 0.263 e. The van der Waals surface area contributed by atoms with Crippen molar-refractivity contribution in [2.24, 2.45) is 0 Å². The molecule has 0 aliphatic rings. The number of anilines is 3. The monoisotopic (exact) mass is 610 g/mol. The Labute approximate surface area is 251 Å². The molecule has 0 aliphatic carbocycles. The van der Waals surface area contributed by atoms with E-state index < -0.39 is 10.0 Å². The van der Waals surface area contributed by atoms with Gasteiger partial charge in [0.25, 0.3) is 10.0 Å². The van der Waals surface area contributed by atoms with E-state index in [1.54, 1.807) is 55.5 Å². The number of ether oxygens (including phenoxy) is 1. The number of Topliss-reactive ketones (excluding diaryl/α,β-unsaturated/α-hetero) is 1. The third-order valence-electron chi connectivity index (χ3n) is 6.55. The lowest BCUT2D eigenvalue weighted by Crippen LogP contribution is -2.33. The maximum atomic E-state index is 13.7. The highest BCUT2D eigenvalue weighted by Crippen LogP contribution is 2.33. The molecule has 0 spiro atoms. The Morgan fingerprint density at radius 3 is 2.31 bits per heavy atom. The third kappa shape index (κ3) is 7.95. The largest absolute Gasteiger partial charge is 0.497 e. The van der Waals surface area contributed by atoms with Crippen LogP contribution in [0.4, 0.5) is 17.3 Å². The average Bonchev–Trinajstić information content (AvgIpc) is 2.94. The Balaban J connectivity index is 1.63. The van der Waals surface area contributed by atoms with Crippen LogP contribution in [0.5, 0.6) is 5.75 Å². The predicted octanol–water partition coefficient (Wildman–Crippen LogP) is 4.75. The fourth-order valence-electron chi connectivity index (χ4n) is 4.27. The molecule has 0 aliphatic heterocycles. The molecule has 2 N–H and O–H groups in total. The number of carbonyl (C=O) groups excluding carboxylic acids is 1. The Bertz CT molecular complexity index is 1700. The van der Waals surface area contributed by atoms with Crippen LogP contribution in [-0.2, 0) is 21.2 Å². The van der Waals surface area contributed by atoms with E-state index in [-0.39, 0.29) is 35.3 Å². The van der Waals surface area contributed by atoms with Crippen molar-refractivity contribution in [3.8, 4) is 5.75 Å². The minimum absolute atomic E-state index is 0.00142. The van der Waals surface area contributed by atoms with Gasteiger partial charge >= 0.3 is 0 Å². The third-order valence-corrected chi connectivity index (χ3v) is 8.36. The molecular formula is C30H35ClN6O4S. The fourth-order valence-corrected chi connectivity index (χ4v) is 5.74. The lowest BCUT2D eigenvalue weighted by Gasteiger charge is -2.18. The minimum atomic E-state index is -4.13. The summed E-state index contributed by atoms with van der Waals surface area (Å²) in [5.74, 6) is 0.718. The number of nitrogens with zero attached hydrogens (tertiary/aromatic N) is 4. The molecule has 0 bridgehead atoms. The van der Waals surface area contributed by atoms with Gasteiger partial charge in [0.05, 0.1) is 40.3 Å². The van der Waals surface area contributed by atoms with Crippen LogP contribution in [0.25, 0.3) is 11.0 Å². The molecule has 0 atom stereocenters. The van der Waals surface area contributed by atoms with Gasteiger partial charge in [-0.2, -0.15) is 0 Å². The number of methoxy groups -OCH3 is 1. The van der Waals surface area contributed by atoms with E-state index >= 15 is 0 Å². The Kier molecular flexibility index (Phi) is 10.00. The Morgan fingerprint density at radius 1 is 0.952 bits per heavy atom. The molecule has 1 aromatic heterocycles. The maximum absolute atomic E-state index is 13.7. The highest BCUT2D eigenvalue weighted by atomic mass is 35.5. The van der Waals surface area contributed by atoms with Crippen molar-refractivity contribution in [2.45, 2.75) is 18.2 Å². The molecule has 0 fully saturated rings. The Hall–Kier alpha value is -3.77. The quantitative estimate of drug-likeness (QED) is 0.221. The van der Waals surface area contributed by atoms with Gasteiger partial charge in [-0.1, -0.05) is 35.9 Å². The van der Waals surface area contributed by atoms with Crippen molar-refractivity contribution >= 4 is 55.8 Å². The first-order chi connectivity index (χ1) is 19.9. The van der Waals surface area contributed by atoms with Crippen LogP contribution < -0.4 is 14.8 Å². The molecule has 0 saturated carbocycles. The second-order valence-corrected chi connectivity index (χ2v) is 12.4. The molecule has 0 unspecified atom stereocenters. The normalized spacial score (nSPS) is 11.7. The molecule has 4 aromatic rings. The van der Waals surface area contributed by atoms with Crippen LogP contribution in [-0.4, -0.2) is 81.9 Å². The number of fused-ring (bicyclic) bond motifs is 1. The first kappa shape index (κ1) is 31.2. The van der Waals surface area contributed by atoms with Gasteiger partial charge in [-0.25, -0.2) is 18.4 Å². The zero-order chi connectivity index (χ0) is 30.4. The molecule has 10 nitrogen and oxygen atoms in total. The molecule has 1 heterocycles. The maximum Gasteiger partial charge on any atom is 0.263 e. The number of aryl methyl sites for hydroxylation is 1. The van der Waals surface area contributed by atoms with Crippen LogP contribution in [0.15, 0.2) is 65.6 Å². The van der Waals surface area contributed by atoms with Gasteiger partial charge in [0.1, 0.15) is 5.75 Å². The summed E-state index contributed by atoms with van der Waals surface area (Å²) >= 11 is 6.41. The predicted molar refractivity (Wildman–Crippen MR) is 168 cm³/mol. The number of nitrogens with one attached hydrogen (secondary N) is 2. The topological polar surface area (TPSA) is 117 Å². The van der Waals surface area contributed by atoms with Crippen molar-refractivity contribution < 1.29 is 17.9 Å². The SMILES string of the molecule is COc1ccc(Cl)c(Nc2nc3ccccc3nc2NS(=O)(=O)c2cc(CC(=O)CN(C)CCN(C)C)ccc2C)c1. The van der Waals surface area contributed by atoms with Crippen LogP contribution in [0.2, 0.25) is 5.02 Å². The van der Waals surface area contributed by atoms with Crippen molar-refractivity contribution in [3.63, 3.8) is 0 Å². The molecular weight excluding hydrogens is 576 g/mol. The summed E-state index contributed by atoms with van der Waals surface area (Å²) in [5, 5.41) is 3.49. The molecule has 0 saturated heterocycles. The van der Waals surface area contributed by atoms with Crippen molar-refractivity contribution in [2.75, 3.05) is 57.9 Å². The van der Waals surface area contributed by atoms with Gasteiger partial charge in [0.2, 0.25) is 0 Å². The van der Waals surface area contributed by atoms with Gasteiger partial charge in [-0.05, 0) is 69.5 Å². The first-order valence-corrected chi connectivity index (χ1v) is 15.2. The number of para-hydroxylation sites is 2. The van der Waals surface area contributed by atoms with Crippen molar-refractivity contribution in [1.29, 1.82) is 0 Å². The lowest BCUT2D eigenvalue weighted by atomic mass is 10.1. The number of likely N-dealkylation sites (N-methyl/N-ethyl adjacent to an activating group) is 2. The number of hydrogen-bond acceptors (Lipinski definition) is 9. The summed E-state index contributed by atoms with van der Waals surface area (Å²) in [4.78, 5) is 26.0. The zero-order valence-corrected chi connectivity index (χ0v) is 25.9. The number of hydrogen-bond donors (Lipinski definition) is 2. The number of rotatable bonds is 13. The molecule has 222 valence electrons. The van der Waals surface area contributed by atoms with E-state index in [4.69, 9.17) is 16.3 Å². The van der Waals surface area contributed by atoms with Gasteiger partial charge in [0, 0.05) is 25.6 Å². The van der Waals surface area contributed by atoms with Crippen LogP contribution >= 0.6 is 11.6 Å². The van der Waals surface area contributed by atoms with E-state index in [9.17, 15) is 13.2 Å². The number of ketones is 1. The van der Waals surface area contributed by atoms with Crippen LogP contribution in [0.1, 0.15) is 11.1 Å². The molecule has 42 heavy (non-hydrogen) atoms. The molecule has 4 rings (SSSR count). The van der Waals surface area contributed by atoms with E-state index in [0.717, 1.165) is 13.1 Å². The average molecular weight is 611 g/mol. The second kappa shape index (κ2) is 13.5. The highest BCUT2D eigenvalue weighted by molar-refractivity contribution is 7.92. The summed E-state index contributed by atoms with van der Waals surface area (Å²) < 4.78 is 35.4. The molecule has 3 aromatic carbocycles. The van der Waals surface area contributed by atoms with Crippen LogP contribution in [0, 0.1) is 6.92 Å². The van der Waals surface area contributed by atoms with Crippen molar-refractivity contribution in [3.05, 3.63) is 76.8 Å². The molecule has 12 heteroatoms. The summed E-state index contributed by atoms with van der Waals surface area (Å²) in [7, 11) is 3.27. The fraction of sp³-hybridized carbons (Fsp3) is 0.300. The summed E-state index contributed by atoms with van der Waals surface area (Å²) in [6.45, 7) is 3.56. The molecule has 0 amide bonds. The van der Waals surface area contributed by atoms with E-state index in [1.165, 1.54) is 13.2 Å². The number of halogens is 1. The van der Waals surface area contributed by atoms with Gasteiger partial charge in [-0.3, -0.25) is 14.4 Å². The summed E-state index contributed by atoms with van der Waals surface area (Å²) in [5.41, 5.74) is 2.67. The van der Waals surface area contributed by atoms with E-state index in [2.05, 4.69) is 24.9 Å². The number of sulfonamides is 1. The summed E-state index contributed by atoms with van der Waals surface area (Å²) in [6.07, 6.45) is 0.117.